The Morgan fingerprint density at radius 1 is 1.19 bits per heavy atom. The van der Waals surface area contributed by atoms with Gasteiger partial charge in [0.1, 0.15) is 0 Å². The molecule has 0 bridgehead atoms. The highest BCUT2D eigenvalue weighted by atomic mass is 16.2. The van der Waals surface area contributed by atoms with E-state index in [-0.39, 0.29) is 12.1 Å². The number of nitrogens with one attached hydrogen (secondary N) is 1. The normalized spacial score (nSPS) is 24.9. The van der Waals surface area contributed by atoms with E-state index in [9.17, 15) is 4.79 Å². The molecule has 2 fully saturated rings. The zero-order valence-electron chi connectivity index (χ0n) is 12.9. The second-order valence-corrected chi connectivity index (χ2v) is 6.66. The van der Waals surface area contributed by atoms with Crippen molar-refractivity contribution in [3.8, 4) is 0 Å². The molecular weight excluding hydrogens is 260 g/mol. The van der Waals surface area contributed by atoms with Crippen LogP contribution < -0.4 is 5.32 Å². The molecule has 1 N–H and O–H groups in total. The molecule has 0 spiro atoms. The van der Waals surface area contributed by atoms with Gasteiger partial charge in [0.2, 0.25) is 0 Å². The van der Waals surface area contributed by atoms with E-state index in [4.69, 9.17) is 0 Å². The fourth-order valence-electron chi connectivity index (χ4n) is 3.73. The summed E-state index contributed by atoms with van der Waals surface area (Å²) in [5, 5.41) is 3.18. The summed E-state index contributed by atoms with van der Waals surface area (Å²) in [5.74, 6) is 1.08. The molecule has 1 aliphatic carbocycles. The Morgan fingerprint density at radius 3 is 2.62 bits per heavy atom. The average Bonchev–Trinajstić information content (AvgIpc) is 2.89. The Kier molecular flexibility index (Phi) is 4.47. The number of rotatable bonds is 4. The van der Waals surface area contributed by atoms with E-state index in [0.717, 1.165) is 19.0 Å². The van der Waals surface area contributed by atoms with Crippen molar-refractivity contribution in [2.75, 3.05) is 13.1 Å². The van der Waals surface area contributed by atoms with Crippen LogP contribution in [0.5, 0.6) is 0 Å². The number of amides is 2. The standard InChI is InChI=1S/C18H26N2O/c1-14(16-10-6-3-7-11-16)17-13-20(18(21)19-17)12-15-8-4-2-5-9-15/h3,6-7,10-11,14-15,17H,2,4-5,8-9,12-13H2,1H3,(H,19,21)/t14-,17?/m0/s1. The van der Waals surface area contributed by atoms with Gasteiger partial charge in [-0.15, -0.1) is 0 Å². The van der Waals surface area contributed by atoms with E-state index in [2.05, 4.69) is 36.5 Å². The van der Waals surface area contributed by atoms with E-state index in [1.54, 1.807) is 0 Å². The number of urea groups is 1. The second kappa shape index (κ2) is 6.50. The molecule has 2 aliphatic rings. The van der Waals surface area contributed by atoms with Crippen molar-refractivity contribution in [2.45, 2.75) is 51.0 Å². The first-order valence-electron chi connectivity index (χ1n) is 8.34. The van der Waals surface area contributed by atoms with Crippen LogP contribution in [0.1, 0.15) is 50.5 Å². The van der Waals surface area contributed by atoms with Crippen molar-refractivity contribution in [3.05, 3.63) is 35.9 Å². The van der Waals surface area contributed by atoms with Gasteiger partial charge in [-0.05, 0) is 24.3 Å². The second-order valence-electron chi connectivity index (χ2n) is 6.66. The molecular formula is C18H26N2O. The first kappa shape index (κ1) is 14.4. The molecule has 3 rings (SSSR count). The van der Waals surface area contributed by atoms with Crippen molar-refractivity contribution >= 4 is 6.03 Å². The Morgan fingerprint density at radius 2 is 1.90 bits per heavy atom. The molecule has 3 heteroatoms. The van der Waals surface area contributed by atoms with Gasteiger partial charge in [-0.2, -0.15) is 0 Å². The molecule has 1 unspecified atom stereocenters. The lowest BCUT2D eigenvalue weighted by molar-refractivity contribution is 0.199. The number of carbonyl (C=O) groups is 1. The zero-order chi connectivity index (χ0) is 14.7. The van der Waals surface area contributed by atoms with Crippen LogP contribution in [0.2, 0.25) is 0 Å². The van der Waals surface area contributed by atoms with E-state index in [1.165, 1.54) is 37.7 Å². The monoisotopic (exact) mass is 286 g/mol. The molecule has 2 atom stereocenters. The molecule has 1 saturated carbocycles. The van der Waals surface area contributed by atoms with Crippen molar-refractivity contribution < 1.29 is 4.79 Å². The SMILES string of the molecule is C[C@@H](c1ccccc1)C1CN(CC2CCCCC2)C(=O)N1. The summed E-state index contributed by atoms with van der Waals surface area (Å²) < 4.78 is 0. The Balaban J connectivity index is 1.59. The average molecular weight is 286 g/mol. The highest BCUT2D eigenvalue weighted by Crippen LogP contribution is 2.27. The summed E-state index contributed by atoms with van der Waals surface area (Å²) in [6.45, 7) is 4.01. The molecule has 3 nitrogen and oxygen atoms in total. The topological polar surface area (TPSA) is 32.3 Å². The maximum atomic E-state index is 12.2. The van der Waals surface area contributed by atoms with Gasteiger partial charge in [0.05, 0.1) is 6.04 Å². The van der Waals surface area contributed by atoms with Crippen LogP contribution >= 0.6 is 0 Å². The van der Waals surface area contributed by atoms with E-state index in [0.29, 0.717) is 5.92 Å². The molecule has 0 aromatic heterocycles. The van der Waals surface area contributed by atoms with Gasteiger partial charge in [0, 0.05) is 19.0 Å². The van der Waals surface area contributed by atoms with Crippen molar-refractivity contribution in [1.82, 2.24) is 10.2 Å². The van der Waals surface area contributed by atoms with E-state index in [1.807, 2.05) is 11.0 Å². The lowest BCUT2D eigenvalue weighted by atomic mass is 9.89. The first-order chi connectivity index (χ1) is 10.2. The number of nitrogens with zero attached hydrogens (tertiary/aromatic N) is 1. The fourth-order valence-corrected chi connectivity index (χ4v) is 3.73. The van der Waals surface area contributed by atoms with E-state index < -0.39 is 0 Å². The number of carbonyl (C=O) groups excluding carboxylic acids is 1. The minimum atomic E-state index is 0.133. The molecule has 1 aromatic rings. The summed E-state index contributed by atoms with van der Waals surface area (Å²) in [6.07, 6.45) is 6.63. The van der Waals surface area contributed by atoms with Crippen LogP contribution in [0, 0.1) is 5.92 Å². The van der Waals surface area contributed by atoms with Crippen LogP contribution in [-0.4, -0.2) is 30.1 Å². The number of benzene rings is 1. The van der Waals surface area contributed by atoms with Crippen molar-refractivity contribution in [3.63, 3.8) is 0 Å². The predicted octanol–water partition coefficient (Wildman–Crippen LogP) is 3.76. The number of hydrogen-bond donors (Lipinski definition) is 1. The van der Waals surface area contributed by atoms with Crippen molar-refractivity contribution in [1.29, 1.82) is 0 Å². The van der Waals surface area contributed by atoms with E-state index >= 15 is 0 Å². The molecule has 0 radical (unpaired) electrons. The van der Waals surface area contributed by atoms with Gasteiger partial charge < -0.3 is 10.2 Å². The molecule has 1 heterocycles. The predicted molar refractivity (Wildman–Crippen MR) is 85.3 cm³/mol. The third kappa shape index (κ3) is 3.39. The van der Waals surface area contributed by atoms with Crippen LogP contribution in [-0.2, 0) is 0 Å². The minimum Gasteiger partial charge on any atom is -0.333 e. The van der Waals surface area contributed by atoms with Gasteiger partial charge in [0.15, 0.2) is 0 Å². The summed E-state index contributed by atoms with van der Waals surface area (Å²) in [6, 6.07) is 10.9. The summed E-state index contributed by atoms with van der Waals surface area (Å²) in [5.41, 5.74) is 1.31. The molecule has 21 heavy (non-hydrogen) atoms. The maximum absolute atomic E-state index is 12.2. The van der Waals surface area contributed by atoms with Gasteiger partial charge in [-0.25, -0.2) is 4.79 Å². The van der Waals surface area contributed by atoms with Crippen LogP contribution in [0.15, 0.2) is 30.3 Å². The molecule has 2 amide bonds. The highest BCUT2D eigenvalue weighted by Gasteiger charge is 2.33. The highest BCUT2D eigenvalue weighted by molar-refractivity contribution is 5.77. The Labute approximate surface area is 127 Å². The van der Waals surface area contributed by atoms with Gasteiger partial charge in [-0.3, -0.25) is 0 Å². The minimum absolute atomic E-state index is 0.133. The summed E-state index contributed by atoms with van der Waals surface area (Å²) in [7, 11) is 0. The summed E-state index contributed by atoms with van der Waals surface area (Å²) in [4.78, 5) is 14.3. The van der Waals surface area contributed by atoms with Crippen LogP contribution in [0.4, 0.5) is 4.79 Å². The quantitative estimate of drug-likeness (QED) is 0.898. The van der Waals surface area contributed by atoms with Gasteiger partial charge in [0.25, 0.3) is 0 Å². The lowest BCUT2D eigenvalue weighted by Gasteiger charge is -2.26. The van der Waals surface area contributed by atoms with Crippen LogP contribution in [0.3, 0.4) is 0 Å². The Hall–Kier alpha value is -1.51. The van der Waals surface area contributed by atoms with Crippen molar-refractivity contribution in [2.24, 2.45) is 5.92 Å². The molecule has 1 aliphatic heterocycles. The third-order valence-electron chi connectivity index (χ3n) is 5.15. The maximum Gasteiger partial charge on any atom is 0.317 e. The molecule has 1 aromatic carbocycles. The summed E-state index contributed by atoms with van der Waals surface area (Å²) >= 11 is 0. The Bertz CT molecular complexity index is 467. The molecule has 114 valence electrons. The van der Waals surface area contributed by atoms with Gasteiger partial charge >= 0.3 is 6.03 Å². The molecule has 1 saturated heterocycles. The fraction of sp³-hybridized carbons (Fsp3) is 0.611. The first-order valence-corrected chi connectivity index (χ1v) is 8.34. The zero-order valence-corrected chi connectivity index (χ0v) is 12.9. The largest absolute Gasteiger partial charge is 0.333 e. The third-order valence-corrected chi connectivity index (χ3v) is 5.15. The lowest BCUT2D eigenvalue weighted by Crippen LogP contribution is -2.33. The van der Waals surface area contributed by atoms with Gasteiger partial charge in [-0.1, -0.05) is 56.5 Å². The van der Waals surface area contributed by atoms with Crippen LogP contribution in [0.25, 0.3) is 0 Å². The smallest absolute Gasteiger partial charge is 0.317 e. The number of hydrogen-bond acceptors (Lipinski definition) is 1.